The van der Waals surface area contributed by atoms with Gasteiger partial charge in [-0.05, 0) is 131 Å². The zero-order valence-corrected chi connectivity index (χ0v) is 29.9. The van der Waals surface area contributed by atoms with Gasteiger partial charge in [0, 0.05) is 11.4 Å². The molecule has 7 rings (SSSR count). The molecule has 0 heterocycles. The number of benzene rings is 4. The topological polar surface area (TPSA) is 62.2 Å². The number of hydrogen-bond acceptors (Lipinski definition) is 3. The Morgan fingerprint density at radius 1 is 0.692 bits per heavy atom. The normalized spacial score (nSPS) is 15.2. The van der Waals surface area contributed by atoms with Gasteiger partial charge in [-0.25, -0.2) is 0 Å². The van der Waals surface area contributed by atoms with Crippen LogP contribution in [0.2, 0.25) is 0 Å². The van der Waals surface area contributed by atoms with E-state index in [1.165, 1.54) is 39.0 Å². The maximum absolute atomic E-state index is 9.53. The molecule has 0 aliphatic heterocycles. The molecule has 4 aromatic carbocycles. The fraction of sp³-hybridized carbons (Fsp3) is 0.143. The van der Waals surface area contributed by atoms with Crippen molar-refractivity contribution in [2.45, 2.75) is 45.6 Å². The molecule has 0 fully saturated rings. The minimum absolute atomic E-state index is 0.594. The number of nitrogens with zero attached hydrogens (tertiary/aromatic N) is 2. The molecular formula is C49H45N3. The Labute approximate surface area is 309 Å². The van der Waals surface area contributed by atoms with E-state index in [2.05, 4.69) is 141 Å². The Bertz CT molecular complexity index is 2230. The van der Waals surface area contributed by atoms with Gasteiger partial charge in [0.2, 0.25) is 0 Å². The predicted octanol–water partition coefficient (Wildman–Crippen LogP) is 12.3. The van der Waals surface area contributed by atoms with Crippen LogP contribution in [-0.2, 0) is 6.54 Å². The van der Waals surface area contributed by atoms with Gasteiger partial charge in [0.1, 0.15) is 0 Å². The summed E-state index contributed by atoms with van der Waals surface area (Å²) >= 11 is 0. The van der Waals surface area contributed by atoms with Crippen molar-refractivity contribution in [3.05, 3.63) is 203 Å². The van der Waals surface area contributed by atoms with Crippen LogP contribution in [0.3, 0.4) is 0 Å². The van der Waals surface area contributed by atoms with Gasteiger partial charge in [-0.2, -0.15) is 5.26 Å². The van der Waals surface area contributed by atoms with Gasteiger partial charge in [0.25, 0.3) is 0 Å². The van der Waals surface area contributed by atoms with Crippen LogP contribution < -0.4 is 5.73 Å². The maximum atomic E-state index is 9.53. The van der Waals surface area contributed by atoms with Crippen molar-refractivity contribution in [3.63, 3.8) is 0 Å². The summed E-state index contributed by atoms with van der Waals surface area (Å²) in [6, 6.07) is 36.0. The van der Waals surface area contributed by atoms with Crippen molar-refractivity contribution in [2.75, 3.05) is 0 Å². The summed E-state index contributed by atoms with van der Waals surface area (Å²) in [5.74, 6) is 0. The Kier molecular flexibility index (Phi) is 12.1. The molecule has 52 heavy (non-hydrogen) atoms. The number of allylic oxidation sites excluding steroid dienone is 13. The maximum Gasteiger partial charge on any atom is 0.0998 e. The van der Waals surface area contributed by atoms with E-state index in [0.29, 0.717) is 17.8 Å². The van der Waals surface area contributed by atoms with Gasteiger partial charge in [-0.3, -0.25) is 4.99 Å². The van der Waals surface area contributed by atoms with Crippen molar-refractivity contribution in [2.24, 2.45) is 10.7 Å². The standard InChI is InChI=1S/C41H34N2.C8H11N/c1-30(43-29-31-12-10-20-36(24-31)41-21-9-8-17-37(41)28-42)32-18-11-19-35(23-22-32)40-26-38(33-13-4-2-5-14-33)25-39(27-40)34-15-6-3-7-16-34;1-7(9)8-5-3-2-4-6-8/h2,4-6,8-17,19-27H,3,7,18,29H2,1H3;3,5-6H,1-2,4,9H2. The number of nitrogens with two attached hydrogens (primary N) is 1. The lowest BCUT2D eigenvalue weighted by Crippen LogP contribution is -1.98. The van der Waals surface area contributed by atoms with E-state index in [1.54, 1.807) is 0 Å². The molecule has 0 bridgehead atoms. The quantitative estimate of drug-likeness (QED) is 0.189. The van der Waals surface area contributed by atoms with Crippen LogP contribution >= 0.6 is 0 Å². The second-order valence-corrected chi connectivity index (χ2v) is 13.1. The lowest BCUT2D eigenvalue weighted by atomic mass is 9.91. The third kappa shape index (κ3) is 9.30. The first-order valence-electron chi connectivity index (χ1n) is 18.0. The summed E-state index contributed by atoms with van der Waals surface area (Å²) in [5, 5.41) is 9.53. The molecule has 0 saturated heterocycles. The lowest BCUT2D eigenvalue weighted by Gasteiger charge is -2.13. The largest absolute Gasteiger partial charge is 0.399 e. The molecule has 0 unspecified atom stereocenters. The number of aliphatic imine (C=N–C) groups is 1. The highest BCUT2D eigenvalue weighted by Crippen LogP contribution is 2.32. The van der Waals surface area contributed by atoms with Crippen molar-refractivity contribution >= 4 is 16.9 Å². The summed E-state index contributed by atoms with van der Waals surface area (Å²) in [7, 11) is 0. The summed E-state index contributed by atoms with van der Waals surface area (Å²) in [4.78, 5) is 4.97. The molecule has 3 aliphatic rings. The second-order valence-electron chi connectivity index (χ2n) is 13.1. The molecular weight excluding hydrogens is 631 g/mol. The third-order valence-corrected chi connectivity index (χ3v) is 9.42. The molecule has 4 aromatic rings. The average Bonchev–Trinajstić information content (AvgIpc) is 3.48. The highest BCUT2D eigenvalue weighted by atomic mass is 14.7. The van der Waals surface area contributed by atoms with Crippen LogP contribution in [0, 0.1) is 11.3 Å². The van der Waals surface area contributed by atoms with E-state index >= 15 is 0 Å². The van der Waals surface area contributed by atoms with Crippen LogP contribution in [0.4, 0.5) is 0 Å². The number of hydrogen-bond donors (Lipinski definition) is 1. The molecule has 0 atom stereocenters. The van der Waals surface area contributed by atoms with Crippen LogP contribution in [0.25, 0.3) is 33.4 Å². The molecule has 0 radical (unpaired) electrons. The predicted molar refractivity (Wildman–Crippen MR) is 221 cm³/mol. The fourth-order valence-electron chi connectivity index (χ4n) is 6.51. The van der Waals surface area contributed by atoms with E-state index in [0.717, 1.165) is 60.1 Å². The Balaban J connectivity index is 0.000000451. The van der Waals surface area contributed by atoms with Crippen LogP contribution in [0.5, 0.6) is 0 Å². The molecule has 3 heteroatoms. The van der Waals surface area contributed by atoms with Gasteiger partial charge in [-0.15, -0.1) is 0 Å². The first-order valence-corrected chi connectivity index (χ1v) is 18.0. The molecule has 0 spiro atoms. The molecule has 3 aliphatic carbocycles. The monoisotopic (exact) mass is 675 g/mol. The van der Waals surface area contributed by atoms with Gasteiger partial charge in [-0.1, -0.05) is 134 Å². The smallest absolute Gasteiger partial charge is 0.0998 e. The van der Waals surface area contributed by atoms with Crippen molar-refractivity contribution in [1.29, 1.82) is 5.26 Å². The third-order valence-electron chi connectivity index (χ3n) is 9.42. The van der Waals surface area contributed by atoms with Gasteiger partial charge in [0.05, 0.1) is 18.2 Å². The van der Waals surface area contributed by atoms with E-state index in [-0.39, 0.29) is 0 Å². The zero-order valence-electron chi connectivity index (χ0n) is 29.9. The fourth-order valence-corrected chi connectivity index (χ4v) is 6.51. The summed E-state index contributed by atoms with van der Waals surface area (Å²) in [6.07, 6.45) is 27.3. The SMILES string of the molecule is C=C(N)C1=CCCC=C1.CC(=NCc1cccc(-c2ccccc2C#N)c1)C1=CC=C(c2cc(C3=CCCC=C3)cc(-c3ccccc3)c2)C=CC1. The first kappa shape index (κ1) is 35.6. The van der Waals surface area contributed by atoms with Gasteiger partial charge in [0.15, 0.2) is 0 Å². The van der Waals surface area contributed by atoms with Gasteiger partial charge >= 0.3 is 0 Å². The van der Waals surface area contributed by atoms with Crippen LogP contribution in [-0.4, -0.2) is 5.71 Å². The zero-order chi connectivity index (χ0) is 36.1. The number of rotatable bonds is 8. The van der Waals surface area contributed by atoms with Crippen LogP contribution in [0.15, 0.2) is 186 Å². The van der Waals surface area contributed by atoms with E-state index in [9.17, 15) is 5.26 Å². The Morgan fingerprint density at radius 3 is 2.10 bits per heavy atom. The first-order chi connectivity index (χ1) is 25.5. The Morgan fingerprint density at radius 2 is 1.38 bits per heavy atom. The molecule has 3 nitrogen and oxygen atoms in total. The van der Waals surface area contributed by atoms with Crippen molar-refractivity contribution in [3.8, 4) is 28.3 Å². The van der Waals surface area contributed by atoms with Crippen LogP contribution in [0.1, 0.15) is 61.3 Å². The highest BCUT2D eigenvalue weighted by molar-refractivity contribution is 5.99. The Hall–Kier alpha value is -6.24. The number of nitriles is 1. The molecule has 0 saturated carbocycles. The molecule has 0 aromatic heterocycles. The molecule has 2 N–H and O–H groups in total. The molecule has 256 valence electrons. The van der Waals surface area contributed by atoms with Gasteiger partial charge < -0.3 is 5.73 Å². The van der Waals surface area contributed by atoms with E-state index < -0.39 is 0 Å². The lowest BCUT2D eigenvalue weighted by molar-refractivity contribution is 1.02. The molecule has 0 amide bonds. The second kappa shape index (κ2) is 17.6. The summed E-state index contributed by atoms with van der Waals surface area (Å²) < 4.78 is 0. The average molecular weight is 676 g/mol. The highest BCUT2D eigenvalue weighted by Gasteiger charge is 2.11. The minimum Gasteiger partial charge on any atom is -0.399 e. The summed E-state index contributed by atoms with van der Waals surface area (Å²) in [5.41, 5.74) is 20.7. The minimum atomic E-state index is 0.594. The van der Waals surface area contributed by atoms with E-state index in [1.807, 2.05) is 36.4 Å². The van der Waals surface area contributed by atoms with E-state index in [4.69, 9.17) is 10.7 Å². The summed E-state index contributed by atoms with van der Waals surface area (Å²) in [6.45, 7) is 6.33. The van der Waals surface area contributed by atoms with Crippen molar-refractivity contribution in [1.82, 2.24) is 0 Å². The van der Waals surface area contributed by atoms with Crippen molar-refractivity contribution < 1.29 is 0 Å².